The van der Waals surface area contributed by atoms with E-state index in [1.165, 1.54) is 42.6 Å². The molecule has 11 heteroatoms. The Kier molecular flexibility index (Phi) is 6.70. The second-order valence-electron chi connectivity index (χ2n) is 8.44. The molecule has 0 aliphatic carbocycles. The molecule has 5 rings (SSSR count). The van der Waals surface area contributed by atoms with Crippen LogP contribution in [0.15, 0.2) is 96.2 Å². The molecule has 2 amide bonds. The molecule has 0 saturated carbocycles. The molecule has 1 atom stereocenters. The number of fused-ring (bicyclic) bond motifs is 1. The Morgan fingerprint density at radius 2 is 1.68 bits per heavy atom. The van der Waals surface area contributed by atoms with Crippen LogP contribution in [0, 0.1) is 0 Å². The van der Waals surface area contributed by atoms with Gasteiger partial charge in [0.1, 0.15) is 0 Å². The van der Waals surface area contributed by atoms with E-state index in [4.69, 9.17) is 23.2 Å². The largest absolute Gasteiger partial charge is 0.322 e. The number of nitrogens with one attached hydrogen (secondary N) is 2. The highest BCUT2D eigenvalue weighted by atomic mass is 35.5. The first-order chi connectivity index (χ1) is 18.2. The number of likely N-dealkylation sites (N-methyl/N-ethyl adjacent to an activating group) is 1. The molecule has 2 N–H and O–H groups in total. The van der Waals surface area contributed by atoms with Crippen LogP contribution < -0.4 is 14.9 Å². The molecule has 38 heavy (non-hydrogen) atoms. The molecule has 0 spiro atoms. The third-order valence-corrected chi connectivity index (χ3v) is 8.59. The molecule has 1 unspecified atom stereocenters. The summed E-state index contributed by atoms with van der Waals surface area (Å²) in [5.74, 6) is -1.15. The standard InChI is InChI=1S/C27H20Cl2N4O4S/c1-30-27(21-6-2-3-7-23(21)29)22-15-18(28)8-13-24(22)33(26(27)35)38(36,37)20-11-9-19(10-12-20)32-25(34)17-5-4-14-31-16-17/h2-16,30H,1H3,(H,32,34). The predicted molar refractivity (Wildman–Crippen MR) is 146 cm³/mol. The summed E-state index contributed by atoms with van der Waals surface area (Å²) >= 11 is 12.8. The van der Waals surface area contributed by atoms with E-state index in [1.54, 1.807) is 55.7 Å². The van der Waals surface area contributed by atoms with Crippen LogP contribution in [0.1, 0.15) is 21.5 Å². The van der Waals surface area contributed by atoms with Crippen molar-refractivity contribution in [3.63, 3.8) is 0 Å². The molecule has 4 aromatic rings. The molecule has 192 valence electrons. The van der Waals surface area contributed by atoms with Crippen LogP contribution in [-0.4, -0.2) is 32.3 Å². The Balaban J connectivity index is 1.55. The molecule has 1 aromatic heterocycles. The Morgan fingerprint density at radius 3 is 2.34 bits per heavy atom. The molecule has 3 aromatic carbocycles. The van der Waals surface area contributed by atoms with Gasteiger partial charge in [-0.1, -0.05) is 41.4 Å². The summed E-state index contributed by atoms with van der Waals surface area (Å²) in [4.78, 5) is 30.3. The monoisotopic (exact) mass is 566 g/mol. The third-order valence-electron chi connectivity index (χ3n) is 6.31. The van der Waals surface area contributed by atoms with Crippen LogP contribution in [0.4, 0.5) is 11.4 Å². The topological polar surface area (TPSA) is 108 Å². The second kappa shape index (κ2) is 9.85. The van der Waals surface area contributed by atoms with Gasteiger partial charge in [-0.15, -0.1) is 0 Å². The van der Waals surface area contributed by atoms with Gasteiger partial charge >= 0.3 is 0 Å². The van der Waals surface area contributed by atoms with E-state index < -0.39 is 27.4 Å². The summed E-state index contributed by atoms with van der Waals surface area (Å²) in [6.45, 7) is 0. The maximum Gasteiger partial charge on any atom is 0.270 e. The number of sulfonamides is 1. The van der Waals surface area contributed by atoms with Crippen molar-refractivity contribution in [2.24, 2.45) is 0 Å². The van der Waals surface area contributed by atoms with Gasteiger partial charge in [-0.25, -0.2) is 12.7 Å². The van der Waals surface area contributed by atoms with Gasteiger partial charge < -0.3 is 5.32 Å². The SMILES string of the molecule is CNC1(c2ccccc2Cl)C(=O)N(S(=O)(=O)c2ccc(NC(=O)c3cccnc3)cc2)c2ccc(Cl)cc21. The molecule has 1 aliphatic rings. The van der Waals surface area contributed by atoms with Gasteiger partial charge in [0.2, 0.25) is 0 Å². The minimum Gasteiger partial charge on any atom is -0.322 e. The summed E-state index contributed by atoms with van der Waals surface area (Å²) in [5, 5.41) is 6.33. The van der Waals surface area contributed by atoms with Crippen molar-refractivity contribution in [1.82, 2.24) is 10.3 Å². The van der Waals surface area contributed by atoms with Crippen LogP contribution in [0.25, 0.3) is 0 Å². The number of carbonyl (C=O) groups excluding carboxylic acids is 2. The molecule has 1 aliphatic heterocycles. The lowest BCUT2D eigenvalue weighted by molar-refractivity contribution is -0.121. The lowest BCUT2D eigenvalue weighted by Crippen LogP contribution is -2.51. The van der Waals surface area contributed by atoms with Gasteiger partial charge in [-0.2, -0.15) is 0 Å². The number of halogens is 2. The average Bonchev–Trinajstić information content (AvgIpc) is 3.17. The van der Waals surface area contributed by atoms with E-state index in [0.717, 1.165) is 4.31 Å². The molecule has 0 saturated heterocycles. The lowest BCUT2D eigenvalue weighted by atomic mass is 9.84. The lowest BCUT2D eigenvalue weighted by Gasteiger charge is -2.29. The Hall–Kier alpha value is -3.76. The van der Waals surface area contributed by atoms with Gasteiger partial charge in [0.15, 0.2) is 5.54 Å². The van der Waals surface area contributed by atoms with Crippen molar-refractivity contribution < 1.29 is 18.0 Å². The molecule has 0 bridgehead atoms. The molecule has 0 radical (unpaired) electrons. The zero-order valence-corrected chi connectivity index (χ0v) is 22.2. The van der Waals surface area contributed by atoms with Gasteiger partial charge in [0.25, 0.3) is 21.8 Å². The second-order valence-corrected chi connectivity index (χ2v) is 11.1. The molecule has 2 heterocycles. The number of anilines is 2. The van der Waals surface area contributed by atoms with Gasteiger partial charge in [-0.05, 0) is 67.7 Å². The van der Waals surface area contributed by atoms with Crippen LogP contribution in [0.2, 0.25) is 10.0 Å². The van der Waals surface area contributed by atoms with Gasteiger partial charge in [0, 0.05) is 39.3 Å². The van der Waals surface area contributed by atoms with Crippen LogP contribution >= 0.6 is 23.2 Å². The Labute approximate surface area is 229 Å². The molecule has 0 fully saturated rings. The minimum absolute atomic E-state index is 0.141. The van der Waals surface area contributed by atoms with Gasteiger partial charge in [-0.3, -0.25) is 19.9 Å². The number of pyridine rings is 1. The fraction of sp³-hybridized carbons (Fsp3) is 0.0741. The van der Waals surface area contributed by atoms with E-state index in [0.29, 0.717) is 27.4 Å². The number of hydrogen-bond acceptors (Lipinski definition) is 6. The summed E-state index contributed by atoms with van der Waals surface area (Å²) < 4.78 is 28.5. The van der Waals surface area contributed by atoms with Crippen molar-refractivity contribution in [2.75, 3.05) is 16.7 Å². The van der Waals surface area contributed by atoms with E-state index in [1.807, 2.05) is 0 Å². The van der Waals surface area contributed by atoms with E-state index in [2.05, 4.69) is 15.6 Å². The van der Waals surface area contributed by atoms with Crippen LogP contribution in [0.3, 0.4) is 0 Å². The van der Waals surface area contributed by atoms with Crippen molar-refractivity contribution in [3.8, 4) is 0 Å². The maximum atomic E-state index is 14.1. The van der Waals surface area contributed by atoms with E-state index in [-0.39, 0.29) is 15.6 Å². The quantitative estimate of drug-likeness (QED) is 0.345. The van der Waals surface area contributed by atoms with Crippen molar-refractivity contribution in [2.45, 2.75) is 10.4 Å². The normalized spacial score (nSPS) is 16.8. The number of rotatable bonds is 6. The van der Waals surface area contributed by atoms with Crippen molar-refractivity contribution >= 4 is 56.4 Å². The summed E-state index contributed by atoms with van der Waals surface area (Å²) in [7, 11) is -2.82. The van der Waals surface area contributed by atoms with Crippen LogP contribution in [0.5, 0.6) is 0 Å². The Bertz CT molecular complexity index is 1660. The first-order valence-corrected chi connectivity index (χ1v) is 13.5. The van der Waals surface area contributed by atoms with Crippen LogP contribution in [-0.2, 0) is 20.4 Å². The fourth-order valence-electron chi connectivity index (χ4n) is 4.52. The number of nitrogens with zero attached hydrogens (tertiary/aromatic N) is 2. The summed E-state index contributed by atoms with van der Waals surface area (Å²) in [6.07, 6.45) is 2.97. The zero-order valence-electron chi connectivity index (χ0n) is 19.9. The first kappa shape index (κ1) is 25.9. The zero-order chi connectivity index (χ0) is 27.1. The van der Waals surface area contributed by atoms with E-state index in [9.17, 15) is 18.0 Å². The smallest absolute Gasteiger partial charge is 0.270 e. The minimum atomic E-state index is -4.38. The number of aromatic nitrogens is 1. The number of carbonyl (C=O) groups is 2. The molecular formula is C27H20Cl2N4O4S. The first-order valence-electron chi connectivity index (χ1n) is 11.4. The molecular weight excluding hydrogens is 547 g/mol. The highest BCUT2D eigenvalue weighted by molar-refractivity contribution is 7.93. The van der Waals surface area contributed by atoms with Crippen molar-refractivity contribution in [3.05, 3.63) is 118 Å². The number of amides is 2. The fourth-order valence-corrected chi connectivity index (χ4v) is 6.43. The van der Waals surface area contributed by atoms with E-state index >= 15 is 0 Å². The summed E-state index contributed by atoms with van der Waals surface area (Å²) in [5.41, 5.74) is 0.0352. The predicted octanol–water partition coefficient (Wildman–Crippen LogP) is 4.84. The Morgan fingerprint density at radius 1 is 0.947 bits per heavy atom. The average molecular weight is 567 g/mol. The third kappa shape index (κ3) is 4.13. The number of benzene rings is 3. The maximum absolute atomic E-state index is 14.1. The van der Waals surface area contributed by atoms with Gasteiger partial charge in [0.05, 0.1) is 16.1 Å². The molecule has 8 nitrogen and oxygen atoms in total. The highest BCUT2D eigenvalue weighted by Crippen LogP contribution is 2.49. The summed E-state index contributed by atoms with van der Waals surface area (Å²) in [6, 6.07) is 20.1. The highest BCUT2D eigenvalue weighted by Gasteiger charge is 2.56. The van der Waals surface area contributed by atoms with Crippen molar-refractivity contribution in [1.29, 1.82) is 0 Å². The number of hydrogen-bond donors (Lipinski definition) is 2.